The van der Waals surface area contributed by atoms with Crippen LogP contribution in [0, 0.1) is 23.7 Å². The van der Waals surface area contributed by atoms with E-state index < -0.39 is 131 Å². The van der Waals surface area contributed by atoms with Gasteiger partial charge >= 0.3 is 54.0 Å². The number of esters is 5. The SMILES string of the molecule is CCC(OC(=O)C1C2CC(OC(C)=O)C(C2)C1C(=O)OC(CC)C(F)(F)C(=O)Oc1cccc(C(F)(F)F)c1)C(F)(F)C(=O)Oc1cccc(C(F)(F)F)c1. The fraction of sp³-hybridized carbons (Fsp3) is 0.514. The Kier molecular flexibility index (Phi) is 12.5. The normalized spacial score (nSPS) is 22.3. The summed E-state index contributed by atoms with van der Waals surface area (Å²) in [7, 11) is 0. The molecule has 7 atom stereocenters. The van der Waals surface area contributed by atoms with Crippen LogP contribution in [0.2, 0.25) is 0 Å². The van der Waals surface area contributed by atoms with E-state index >= 15 is 17.6 Å². The molecule has 10 nitrogen and oxygen atoms in total. The Balaban J connectivity index is 1.54. The number of benzene rings is 2. The quantitative estimate of drug-likeness (QED) is 0.0877. The molecule has 2 saturated carbocycles. The summed E-state index contributed by atoms with van der Waals surface area (Å²) in [6.07, 6.45) is -18.0. The molecule has 302 valence electrons. The maximum atomic E-state index is 15.4. The summed E-state index contributed by atoms with van der Waals surface area (Å²) < 4.78 is 164. The molecule has 0 N–H and O–H groups in total. The molecular formula is C35H32F10O10. The lowest BCUT2D eigenvalue weighted by Crippen LogP contribution is -2.50. The van der Waals surface area contributed by atoms with Gasteiger partial charge in [0, 0.05) is 12.8 Å². The number of carbonyl (C=O) groups excluding carboxylic acids is 5. The van der Waals surface area contributed by atoms with E-state index in [0.29, 0.717) is 12.1 Å². The molecule has 0 amide bonds. The third-order valence-electron chi connectivity index (χ3n) is 9.16. The largest absolute Gasteiger partial charge is 0.462 e. The number of fused-ring (bicyclic) bond motifs is 2. The number of ether oxygens (including phenoxy) is 5. The third kappa shape index (κ3) is 9.49. The van der Waals surface area contributed by atoms with E-state index in [4.69, 9.17) is 14.2 Å². The Hall–Kier alpha value is -4.91. The standard InChI is InChI=1S/C35H32F10O10/c1-4-24(32(36,37)30(49)52-20-10-6-8-18(14-20)34(40,41)42)54-28(47)26-17-12-22(23(13-17)51-16(3)46)27(26)29(48)55-25(5-2)33(38,39)31(50)53-21-11-7-9-19(15-21)35(43,44)45/h6-11,14-15,17,22-27H,4-5,12-13H2,1-3H3. The van der Waals surface area contributed by atoms with Crippen LogP contribution >= 0.6 is 0 Å². The highest BCUT2D eigenvalue weighted by Crippen LogP contribution is 2.55. The zero-order valence-electron chi connectivity index (χ0n) is 28.9. The Morgan fingerprint density at radius 2 is 1.07 bits per heavy atom. The second-order valence-corrected chi connectivity index (χ2v) is 12.8. The van der Waals surface area contributed by atoms with Crippen molar-refractivity contribution in [1.29, 1.82) is 0 Å². The van der Waals surface area contributed by atoms with Crippen molar-refractivity contribution in [3.8, 4) is 11.5 Å². The van der Waals surface area contributed by atoms with Crippen LogP contribution in [0.4, 0.5) is 43.9 Å². The van der Waals surface area contributed by atoms with Gasteiger partial charge in [-0.05, 0) is 68.0 Å². The van der Waals surface area contributed by atoms with Crippen LogP contribution in [0.5, 0.6) is 11.5 Å². The molecule has 2 aliphatic carbocycles. The van der Waals surface area contributed by atoms with E-state index in [-0.39, 0.29) is 25.0 Å². The number of rotatable bonds is 13. The molecule has 55 heavy (non-hydrogen) atoms. The van der Waals surface area contributed by atoms with Crippen LogP contribution in [0.1, 0.15) is 57.6 Å². The van der Waals surface area contributed by atoms with Gasteiger partial charge in [0.05, 0.1) is 23.0 Å². The van der Waals surface area contributed by atoms with Crippen LogP contribution in [0.25, 0.3) is 0 Å². The second kappa shape index (κ2) is 16.1. The summed E-state index contributed by atoms with van der Waals surface area (Å²) in [5, 5.41) is 0. The van der Waals surface area contributed by atoms with Gasteiger partial charge < -0.3 is 23.7 Å². The number of alkyl halides is 10. The number of hydrogen-bond acceptors (Lipinski definition) is 10. The first-order valence-electron chi connectivity index (χ1n) is 16.5. The number of hydrogen-bond donors (Lipinski definition) is 0. The highest BCUT2D eigenvalue weighted by molar-refractivity contribution is 5.86. The molecule has 7 unspecified atom stereocenters. The van der Waals surface area contributed by atoms with Crippen molar-refractivity contribution in [2.24, 2.45) is 23.7 Å². The Labute approximate surface area is 305 Å². The fourth-order valence-electron chi connectivity index (χ4n) is 6.66. The minimum absolute atomic E-state index is 0.104. The van der Waals surface area contributed by atoms with E-state index in [1.807, 2.05) is 0 Å². The van der Waals surface area contributed by atoms with Gasteiger partial charge in [-0.25, -0.2) is 9.59 Å². The summed E-state index contributed by atoms with van der Waals surface area (Å²) in [6.45, 7) is 3.12. The summed E-state index contributed by atoms with van der Waals surface area (Å²) in [4.78, 5) is 63.9. The molecule has 2 aromatic carbocycles. The van der Waals surface area contributed by atoms with E-state index in [0.717, 1.165) is 45.0 Å². The first-order chi connectivity index (χ1) is 25.4. The molecule has 2 bridgehead atoms. The minimum atomic E-state index is -4.92. The topological polar surface area (TPSA) is 132 Å². The van der Waals surface area contributed by atoms with E-state index in [2.05, 4.69) is 9.47 Å². The fourth-order valence-corrected chi connectivity index (χ4v) is 6.66. The molecule has 2 fully saturated rings. The summed E-state index contributed by atoms with van der Waals surface area (Å²) in [5.41, 5.74) is -2.65. The van der Waals surface area contributed by atoms with Crippen molar-refractivity contribution in [3.05, 3.63) is 59.7 Å². The molecular weight excluding hydrogens is 770 g/mol. The van der Waals surface area contributed by atoms with Crippen molar-refractivity contribution < 1.29 is 91.6 Å². The molecule has 2 aliphatic rings. The molecule has 0 radical (unpaired) electrons. The van der Waals surface area contributed by atoms with Gasteiger partial charge in [-0.3, -0.25) is 14.4 Å². The predicted molar refractivity (Wildman–Crippen MR) is 163 cm³/mol. The summed E-state index contributed by atoms with van der Waals surface area (Å²) in [6, 6.07) is 4.88. The van der Waals surface area contributed by atoms with Crippen LogP contribution in [0.3, 0.4) is 0 Å². The molecule has 0 aliphatic heterocycles. The molecule has 4 rings (SSSR count). The number of halogens is 10. The molecule has 0 spiro atoms. The monoisotopic (exact) mass is 802 g/mol. The Bertz CT molecular complexity index is 1780. The third-order valence-corrected chi connectivity index (χ3v) is 9.16. The lowest BCUT2D eigenvalue weighted by molar-refractivity contribution is -0.203. The van der Waals surface area contributed by atoms with Gasteiger partial charge in [0.1, 0.15) is 17.6 Å². The molecule has 0 heterocycles. The van der Waals surface area contributed by atoms with Gasteiger partial charge in [-0.2, -0.15) is 43.9 Å². The van der Waals surface area contributed by atoms with Gasteiger partial charge in [0.2, 0.25) is 0 Å². The van der Waals surface area contributed by atoms with E-state index in [1.165, 1.54) is 0 Å². The Morgan fingerprint density at radius 3 is 1.45 bits per heavy atom. The van der Waals surface area contributed by atoms with Crippen LogP contribution < -0.4 is 9.47 Å². The lowest BCUT2D eigenvalue weighted by atomic mass is 9.77. The van der Waals surface area contributed by atoms with Gasteiger partial charge in [-0.15, -0.1) is 0 Å². The smallest absolute Gasteiger partial charge is 0.416 e. The van der Waals surface area contributed by atoms with Crippen LogP contribution in [0.15, 0.2) is 48.5 Å². The average molecular weight is 803 g/mol. The summed E-state index contributed by atoms with van der Waals surface area (Å²) >= 11 is 0. The zero-order chi connectivity index (χ0) is 41.3. The van der Waals surface area contributed by atoms with Crippen molar-refractivity contribution in [2.75, 3.05) is 0 Å². The summed E-state index contributed by atoms with van der Waals surface area (Å²) in [5.74, 6) is -25.5. The van der Waals surface area contributed by atoms with Gasteiger partial charge in [0.15, 0.2) is 12.2 Å². The predicted octanol–water partition coefficient (Wildman–Crippen LogP) is 7.35. The maximum absolute atomic E-state index is 15.4. The van der Waals surface area contributed by atoms with Gasteiger partial charge in [0.25, 0.3) is 0 Å². The number of carbonyl (C=O) groups is 5. The van der Waals surface area contributed by atoms with E-state index in [1.54, 1.807) is 0 Å². The van der Waals surface area contributed by atoms with Crippen LogP contribution in [-0.4, -0.2) is 60.0 Å². The molecule has 20 heteroatoms. The van der Waals surface area contributed by atoms with Crippen LogP contribution in [-0.2, 0) is 50.5 Å². The van der Waals surface area contributed by atoms with Gasteiger partial charge in [-0.1, -0.05) is 26.0 Å². The highest BCUT2D eigenvalue weighted by atomic mass is 19.4. The van der Waals surface area contributed by atoms with E-state index in [9.17, 15) is 50.3 Å². The van der Waals surface area contributed by atoms with Crippen molar-refractivity contribution >= 4 is 29.8 Å². The zero-order valence-corrected chi connectivity index (χ0v) is 28.9. The first-order valence-corrected chi connectivity index (χ1v) is 16.5. The molecule has 2 aromatic rings. The maximum Gasteiger partial charge on any atom is 0.416 e. The van der Waals surface area contributed by atoms with Crippen molar-refractivity contribution in [3.63, 3.8) is 0 Å². The Morgan fingerprint density at radius 1 is 0.655 bits per heavy atom. The van der Waals surface area contributed by atoms with Crippen molar-refractivity contribution in [2.45, 2.75) is 89.0 Å². The second-order valence-electron chi connectivity index (χ2n) is 12.8. The highest BCUT2D eigenvalue weighted by Gasteiger charge is 2.63. The first kappa shape index (κ1) is 42.8. The minimum Gasteiger partial charge on any atom is -0.462 e. The molecule has 0 saturated heterocycles. The average Bonchev–Trinajstić information content (AvgIpc) is 3.67. The molecule has 0 aromatic heterocycles. The van der Waals surface area contributed by atoms with Crippen molar-refractivity contribution in [1.82, 2.24) is 0 Å². The lowest BCUT2D eigenvalue weighted by Gasteiger charge is -2.35.